The molecule has 0 saturated heterocycles. The molecule has 0 bridgehead atoms. The Morgan fingerprint density at radius 2 is 2.18 bits per heavy atom. The average Bonchev–Trinajstić information content (AvgIpc) is 2.70. The molecule has 1 aromatic heterocycles. The van der Waals surface area contributed by atoms with Gasteiger partial charge in [0.05, 0.1) is 11.6 Å². The predicted octanol–water partition coefficient (Wildman–Crippen LogP) is 3.04. The van der Waals surface area contributed by atoms with Crippen LogP contribution in [0.3, 0.4) is 0 Å². The van der Waals surface area contributed by atoms with E-state index in [0.29, 0.717) is 0 Å². The largest absolute Gasteiger partial charge is 0.393 e. The number of nitrogens with zero attached hydrogens (tertiary/aromatic N) is 1. The fourth-order valence-corrected chi connectivity index (χ4v) is 3.08. The summed E-state index contributed by atoms with van der Waals surface area (Å²) < 4.78 is 0. The van der Waals surface area contributed by atoms with Gasteiger partial charge in [-0.15, -0.1) is 0 Å². The van der Waals surface area contributed by atoms with Crippen LogP contribution in [0, 0.1) is 0 Å². The van der Waals surface area contributed by atoms with Crippen molar-refractivity contribution < 1.29 is 5.11 Å². The van der Waals surface area contributed by atoms with Gasteiger partial charge in [-0.05, 0) is 42.4 Å². The number of aliphatic hydroxyl groups is 1. The predicted molar refractivity (Wildman–Crippen MR) is 69.0 cm³/mol. The number of aromatic nitrogens is 1. The van der Waals surface area contributed by atoms with E-state index in [9.17, 15) is 5.11 Å². The summed E-state index contributed by atoms with van der Waals surface area (Å²) in [5.74, 6) is 0. The Morgan fingerprint density at radius 1 is 1.29 bits per heavy atom. The first-order chi connectivity index (χ1) is 8.19. The van der Waals surface area contributed by atoms with E-state index in [1.807, 2.05) is 18.3 Å². The molecule has 1 N–H and O–H groups in total. The highest BCUT2D eigenvalue weighted by molar-refractivity contribution is 5.83. The maximum Gasteiger partial charge on any atom is 0.0704 e. The molecule has 1 heterocycles. The zero-order valence-electron chi connectivity index (χ0n) is 10.1. The Kier molecular flexibility index (Phi) is 2.40. The van der Waals surface area contributed by atoms with Crippen LogP contribution in [0.2, 0.25) is 0 Å². The Labute approximate surface area is 101 Å². The average molecular weight is 227 g/mol. The third-order valence-corrected chi connectivity index (χ3v) is 4.01. The van der Waals surface area contributed by atoms with Gasteiger partial charge in [0.2, 0.25) is 0 Å². The van der Waals surface area contributed by atoms with Crippen LogP contribution in [-0.2, 0) is 5.41 Å². The van der Waals surface area contributed by atoms with Crippen molar-refractivity contribution in [3.05, 3.63) is 42.1 Å². The summed E-state index contributed by atoms with van der Waals surface area (Å²) in [5, 5.41) is 11.0. The fraction of sp³-hybridized carbons (Fsp3) is 0.400. The van der Waals surface area contributed by atoms with Crippen LogP contribution in [-0.4, -0.2) is 16.2 Å². The zero-order chi connectivity index (χ0) is 11.9. The molecule has 0 spiro atoms. The molecule has 1 aromatic carbocycles. The minimum atomic E-state index is -0.146. The van der Waals surface area contributed by atoms with Crippen molar-refractivity contribution in [2.45, 2.75) is 37.7 Å². The lowest BCUT2D eigenvalue weighted by atomic mass is 9.79. The monoisotopic (exact) mass is 227 g/mol. The summed E-state index contributed by atoms with van der Waals surface area (Å²) in [6, 6.07) is 10.4. The summed E-state index contributed by atoms with van der Waals surface area (Å²) in [5.41, 5.74) is 2.48. The lowest BCUT2D eigenvalue weighted by Crippen LogP contribution is -2.19. The molecule has 1 saturated carbocycles. The Hall–Kier alpha value is -1.41. The van der Waals surface area contributed by atoms with Crippen molar-refractivity contribution >= 4 is 10.9 Å². The van der Waals surface area contributed by atoms with Crippen LogP contribution in [0.4, 0.5) is 0 Å². The third-order valence-electron chi connectivity index (χ3n) is 4.01. The van der Waals surface area contributed by atoms with E-state index >= 15 is 0 Å². The van der Waals surface area contributed by atoms with E-state index in [0.717, 1.165) is 24.8 Å². The van der Waals surface area contributed by atoms with E-state index < -0.39 is 0 Å². The summed E-state index contributed by atoms with van der Waals surface area (Å²) in [4.78, 5) is 4.40. The number of pyridine rings is 1. The van der Waals surface area contributed by atoms with Crippen LogP contribution in [0.15, 0.2) is 36.5 Å². The number of hydrogen-bond acceptors (Lipinski definition) is 2. The lowest BCUT2D eigenvalue weighted by Gasteiger charge is -2.25. The van der Waals surface area contributed by atoms with E-state index in [1.54, 1.807) is 0 Å². The van der Waals surface area contributed by atoms with Gasteiger partial charge in [-0.3, -0.25) is 4.98 Å². The van der Waals surface area contributed by atoms with Crippen LogP contribution >= 0.6 is 0 Å². The molecule has 0 aliphatic heterocycles. The number of hydrogen-bond donors (Lipinski definition) is 1. The van der Waals surface area contributed by atoms with Crippen molar-refractivity contribution in [2.75, 3.05) is 0 Å². The second-order valence-electron chi connectivity index (χ2n) is 5.33. The lowest BCUT2D eigenvalue weighted by molar-refractivity contribution is 0.175. The van der Waals surface area contributed by atoms with Crippen molar-refractivity contribution in [3.8, 4) is 0 Å². The Balaban J connectivity index is 2.17. The highest BCUT2D eigenvalue weighted by Gasteiger charge is 2.36. The standard InChI is InChI=1S/C15H17NO/c1-15(8-7-11(17)10-15)13-5-2-6-14-12(13)4-3-9-16-14/h2-6,9,11,17H,7-8,10H2,1H3. The first-order valence-electron chi connectivity index (χ1n) is 6.21. The van der Waals surface area contributed by atoms with Crippen LogP contribution < -0.4 is 0 Å². The first kappa shape index (κ1) is 10.7. The Bertz CT molecular complexity index is 546. The molecule has 2 aromatic rings. The molecule has 88 valence electrons. The minimum Gasteiger partial charge on any atom is -0.393 e. The minimum absolute atomic E-state index is 0.0992. The Morgan fingerprint density at radius 3 is 2.94 bits per heavy atom. The van der Waals surface area contributed by atoms with Crippen LogP contribution in [0.5, 0.6) is 0 Å². The van der Waals surface area contributed by atoms with Crippen molar-refractivity contribution in [2.24, 2.45) is 0 Å². The molecule has 17 heavy (non-hydrogen) atoms. The highest BCUT2D eigenvalue weighted by Crippen LogP contribution is 2.43. The molecule has 1 aliphatic rings. The highest BCUT2D eigenvalue weighted by atomic mass is 16.3. The van der Waals surface area contributed by atoms with Gasteiger partial charge in [-0.1, -0.05) is 25.1 Å². The topological polar surface area (TPSA) is 33.1 Å². The maximum atomic E-state index is 9.78. The number of rotatable bonds is 1. The quantitative estimate of drug-likeness (QED) is 0.812. The smallest absolute Gasteiger partial charge is 0.0704 e. The van der Waals surface area contributed by atoms with Crippen LogP contribution in [0.25, 0.3) is 10.9 Å². The van der Waals surface area contributed by atoms with Gasteiger partial charge in [0.1, 0.15) is 0 Å². The number of aliphatic hydroxyl groups excluding tert-OH is 1. The normalized spacial score (nSPS) is 28.7. The molecule has 0 radical (unpaired) electrons. The molecule has 2 atom stereocenters. The van der Waals surface area contributed by atoms with Gasteiger partial charge >= 0.3 is 0 Å². The number of fused-ring (bicyclic) bond motifs is 1. The second-order valence-corrected chi connectivity index (χ2v) is 5.33. The maximum absolute atomic E-state index is 9.78. The van der Waals surface area contributed by atoms with Gasteiger partial charge < -0.3 is 5.11 Å². The van der Waals surface area contributed by atoms with Crippen molar-refractivity contribution in [1.82, 2.24) is 4.98 Å². The van der Waals surface area contributed by atoms with E-state index in [2.05, 4.69) is 30.1 Å². The van der Waals surface area contributed by atoms with Crippen LogP contribution in [0.1, 0.15) is 31.7 Å². The van der Waals surface area contributed by atoms with Gasteiger partial charge in [0, 0.05) is 11.6 Å². The molecule has 2 unspecified atom stereocenters. The third kappa shape index (κ3) is 1.73. The van der Waals surface area contributed by atoms with Crippen molar-refractivity contribution in [1.29, 1.82) is 0 Å². The molecule has 0 amide bonds. The summed E-state index contributed by atoms with van der Waals surface area (Å²) in [6.07, 6.45) is 4.51. The fourth-order valence-electron chi connectivity index (χ4n) is 3.08. The first-order valence-corrected chi connectivity index (χ1v) is 6.21. The second kappa shape index (κ2) is 3.81. The van der Waals surface area contributed by atoms with E-state index in [-0.39, 0.29) is 11.5 Å². The van der Waals surface area contributed by atoms with Gasteiger partial charge in [-0.25, -0.2) is 0 Å². The summed E-state index contributed by atoms with van der Waals surface area (Å²) in [7, 11) is 0. The molecule has 1 fully saturated rings. The van der Waals surface area contributed by atoms with Crippen molar-refractivity contribution in [3.63, 3.8) is 0 Å². The van der Waals surface area contributed by atoms with E-state index in [1.165, 1.54) is 10.9 Å². The van der Waals surface area contributed by atoms with Gasteiger partial charge in [0.15, 0.2) is 0 Å². The summed E-state index contributed by atoms with van der Waals surface area (Å²) in [6.45, 7) is 2.25. The molecule has 3 rings (SSSR count). The summed E-state index contributed by atoms with van der Waals surface area (Å²) >= 11 is 0. The molecule has 2 nitrogen and oxygen atoms in total. The molecular formula is C15H17NO. The molecule has 1 aliphatic carbocycles. The molecular weight excluding hydrogens is 210 g/mol. The van der Waals surface area contributed by atoms with Gasteiger partial charge in [0.25, 0.3) is 0 Å². The van der Waals surface area contributed by atoms with E-state index in [4.69, 9.17) is 0 Å². The SMILES string of the molecule is CC1(c2cccc3ncccc23)CCC(O)C1. The van der Waals surface area contributed by atoms with Gasteiger partial charge in [-0.2, -0.15) is 0 Å². The molecule has 2 heteroatoms. The zero-order valence-corrected chi connectivity index (χ0v) is 10.1. The number of benzene rings is 1.